The zero-order chi connectivity index (χ0) is 77.9. The lowest BCUT2D eigenvalue weighted by Crippen LogP contribution is -2.51. The Morgan fingerprint density at radius 3 is 1.17 bits per heavy atom. The molecule has 0 bridgehead atoms. The Labute approximate surface area is 660 Å². The molecule has 0 radical (unpaired) electrons. The van der Waals surface area contributed by atoms with Crippen molar-refractivity contribution in [1.29, 1.82) is 0 Å². The summed E-state index contributed by atoms with van der Waals surface area (Å²) in [5.41, 5.74) is 17.8. The van der Waals surface area contributed by atoms with Gasteiger partial charge in [0, 0.05) is 126 Å². The molecule has 8 N–H and O–H groups in total. The van der Waals surface area contributed by atoms with Crippen LogP contribution in [0.3, 0.4) is 0 Å². The van der Waals surface area contributed by atoms with E-state index in [2.05, 4.69) is 73.5 Å². The van der Waals surface area contributed by atoms with Gasteiger partial charge in [-0.3, -0.25) is 14.4 Å². The van der Waals surface area contributed by atoms with E-state index in [0.717, 1.165) is 122 Å². The van der Waals surface area contributed by atoms with Gasteiger partial charge in [-0.2, -0.15) is 0 Å². The van der Waals surface area contributed by atoms with Gasteiger partial charge in [-0.1, -0.05) is 36.4 Å². The summed E-state index contributed by atoms with van der Waals surface area (Å²) in [6.07, 6.45) is 13.6. The van der Waals surface area contributed by atoms with Crippen LogP contribution in [-0.4, -0.2) is 168 Å². The smallest absolute Gasteiger partial charge is 0.259 e. The van der Waals surface area contributed by atoms with E-state index < -0.39 is 45.3 Å². The second-order valence-corrected chi connectivity index (χ2v) is 37.3. The number of H-pyrrole nitrogens is 3. The number of amides is 3. The number of fused-ring (bicyclic) bond motifs is 6. The fraction of sp³-hybridized carbons (Fsp3) is 0.305. The van der Waals surface area contributed by atoms with Gasteiger partial charge in [0.25, 0.3) is 17.7 Å². The zero-order valence-electron chi connectivity index (χ0n) is 62.7. The largest absolute Gasteiger partial charge is 0.381 e. The van der Waals surface area contributed by atoms with Crippen LogP contribution in [0.5, 0.6) is 0 Å². The summed E-state index contributed by atoms with van der Waals surface area (Å²) in [6.45, 7) is 19.2. The van der Waals surface area contributed by atoms with Crippen molar-refractivity contribution in [2.24, 2.45) is 0 Å². The van der Waals surface area contributed by atoms with Crippen LogP contribution in [0.4, 0.5) is 34.1 Å². The first-order valence-electron chi connectivity index (χ1n) is 37.7. The molecule has 3 fully saturated rings. The molecule has 3 saturated heterocycles. The number of carbonyl (C=O) groups is 3. The monoisotopic (exact) mass is 1580 g/mol. The summed E-state index contributed by atoms with van der Waals surface area (Å²) < 4.78 is 74.8. The van der Waals surface area contributed by atoms with Gasteiger partial charge in [-0.05, 0) is 182 Å². The van der Waals surface area contributed by atoms with Gasteiger partial charge >= 0.3 is 0 Å². The number of hydrogen-bond acceptors (Lipinski definition) is 21. The highest BCUT2D eigenvalue weighted by Crippen LogP contribution is 2.40. The fourth-order valence-corrected chi connectivity index (χ4v) is 18.0. The minimum Gasteiger partial charge on any atom is -0.381 e. The molecule has 1 atom stereocenters. The number of carbonyl (C=O) groups excluding carboxylic acids is 3. The summed E-state index contributed by atoms with van der Waals surface area (Å²) >= 11 is 0. The maximum Gasteiger partial charge on any atom is 0.259 e. The van der Waals surface area contributed by atoms with Gasteiger partial charge in [0.2, 0.25) is 0 Å². The van der Waals surface area contributed by atoms with Crippen molar-refractivity contribution < 1.29 is 51.1 Å². The van der Waals surface area contributed by atoms with Crippen LogP contribution < -0.4 is 46.2 Å². The van der Waals surface area contributed by atoms with Crippen LogP contribution in [0.15, 0.2) is 179 Å². The number of rotatable bonds is 17. The van der Waals surface area contributed by atoms with Crippen LogP contribution >= 0.6 is 0 Å². The Balaban J connectivity index is 0.000000217. The summed E-state index contributed by atoms with van der Waals surface area (Å²) in [6, 6.07) is 38.8. The number of hydrogen-bond donors (Lipinski definition) is 8. The molecular formula is C82H102N18O9S3. The highest BCUT2D eigenvalue weighted by molar-refractivity contribution is 7.92. The zero-order valence-corrected chi connectivity index (χ0v) is 65.2. The number of anilines is 6. The minimum absolute atomic E-state index is 0. The number of sulfone groups is 3. The standard InChI is InChI=1S/2C28H30N6O3S.C26H26N6O3S.8H2/c1-18(2)38(36,37)22-7-4-19(5-8-22)24-15-30-27-26(32-24)25(16-31-27)34-17-20-14-21(6-9-23(20)28(34)35)33-12-3-10-29-11-13-33;1-17(2)38(36,37)22-8-5-18(6-9-22)24-14-30-27-26(33-24)25(15-31-27)34-16-19-12-20(7-10-23(19)28(34)35)32-21-4-3-11-29-13-21;1-15(2)36(34,35)20-6-3-16(4-7-20)22-12-28-25-24(31-22)23(13-29-25)32-14-17-9-18(30-19-10-27-11-19)5-8-21(17)26(32)33;;;;;;;;/h4-9,14-16,18,29H,3,10-13,17H2,1-2H3,(H,30,31);5-10,12,14-15,17,21,29,32H,3-4,11,13,16H2,1-2H3,(H,30,31);3-9,12-13,15,19,27,30H,10-11,14H2,1-2H3,(H,28,29);8*1H. The van der Waals surface area contributed by atoms with E-state index in [9.17, 15) is 39.6 Å². The maximum atomic E-state index is 13.4. The molecule has 6 aliphatic heterocycles. The molecule has 6 aromatic heterocycles. The molecule has 0 spiro atoms. The van der Waals surface area contributed by atoms with Crippen LogP contribution in [0.1, 0.15) is 120 Å². The average Bonchev–Trinajstić information content (AvgIpc) is 1.61. The molecule has 3 amide bonds. The van der Waals surface area contributed by atoms with Crippen molar-refractivity contribution in [1.82, 2.24) is 60.8 Å². The van der Waals surface area contributed by atoms with E-state index >= 15 is 0 Å². The lowest BCUT2D eigenvalue weighted by molar-refractivity contribution is 0.0989. The third-order valence-electron chi connectivity index (χ3n) is 21.5. The first kappa shape index (κ1) is 74.8. The first-order valence-corrected chi connectivity index (χ1v) is 42.4. The quantitative estimate of drug-likeness (QED) is 0.0420. The Bertz CT molecular complexity index is 6030. The third kappa shape index (κ3) is 14.5. The van der Waals surface area contributed by atoms with Crippen LogP contribution in [0.25, 0.3) is 67.3 Å². The van der Waals surface area contributed by atoms with E-state index in [-0.39, 0.29) is 43.8 Å². The topological polar surface area (TPSA) is 351 Å². The number of benzene rings is 6. The van der Waals surface area contributed by atoms with Crippen molar-refractivity contribution in [3.63, 3.8) is 0 Å². The molecular weight excluding hydrogens is 1480 g/mol. The van der Waals surface area contributed by atoms with Gasteiger partial charge in [0.1, 0.15) is 16.6 Å². The molecule has 112 heavy (non-hydrogen) atoms. The predicted molar refractivity (Wildman–Crippen MR) is 452 cm³/mol. The van der Waals surface area contributed by atoms with E-state index in [1.165, 1.54) is 0 Å². The molecule has 30 heteroatoms. The molecule has 27 nitrogen and oxygen atoms in total. The van der Waals surface area contributed by atoms with Crippen LogP contribution in [0.2, 0.25) is 0 Å². The lowest BCUT2D eigenvalue weighted by atomic mass is 10.1. The molecule has 6 aliphatic rings. The van der Waals surface area contributed by atoms with E-state index in [4.69, 9.17) is 15.0 Å². The second-order valence-electron chi connectivity index (χ2n) is 29.8. The Kier molecular flexibility index (Phi) is 20.3. The molecule has 6 aromatic carbocycles. The second kappa shape index (κ2) is 30.4. The number of piperidine rings is 1. The lowest BCUT2D eigenvalue weighted by Gasteiger charge is -2.29. The SMILES string of the molecule is CC(C)S(=O)(=O)c1ccc(-c2cnc3[nH]cc(N4Cc5cc(N6CCCNCC6)ccc5C4=O)c3n2)cc1.CC(C)S(=O)(=O)c1ccc(-c2cnc3[nH]cc(N4Cc5cc(NC6CCCNC6)ccc5C4=O)c3n2)cc1.CC(C)S(=O)(=O)c1ccc(-c2cnc3[nH]cc(N4Cc5cc(NC6CNC6)ccc5C4=O)c3n2)cc1.[HH].[HH].[HH].[HH].[HH].[HH].[HH].[HH]. The molecule has 1 unspecified atom stereocenters. The molecule has 0 aliphatic carbocycles. The highest BCUT2D eigenvalue weighted by Gasteiger charge is 2.36. The summed E-state index contributed by atoms with van der Waals surface area (Å²) in [5, 5.41) is 15.7. The summed E-state index contributed by atoms with van der Waals surface area (Å²) in [5.74, 6) is -0.194. The van der Waals surface area contributed by atoms with Gasteiger partial charge in [0.05, 0.1) is 109 Å². The van der Waals surface area contributed by atoms with Gasteiger partial charge in [-0.25, -0.2) is 55.2 Å². The number of nitrogens with one attached hydrogen (secondary N) is 8. The average molecular weight is 1580 g/mol. The van der Waals surface area contributed by atoms with E-state index in [1.54, 1.807) is 166 Å². The number of aromatic nitrogens is 9. The predicted octanol–water partition coefficient (Wildman–Crippen LogP) is 13.2. The van der Waals surface area contributed by atoms with Crippen molar-refractivity contribution in [3.8, 4) is 33.8 Å². The van der Waals surface area contributed by atoms with Crippen molar-refractivity contribution in [2.75, 3.05) is 82.6 Å². The van der Waals surface area contributed by atoms with E-state index in [0.29, 0.717) is 116 Å². The van der Waals surface area contributed by atoms with Gasteiger partial charge in [-0.15, -0.1) is 0 Å². The fourth-order valence-electron chi connectivity index (χ4n) is 14.8. The Hall–Kier alpha value is -11.3. The highest BCUT2D eigenvalue weighted by atomic mass is 32.2. The van der Waals surface area contributed by atoms with Crippen LogP contribution in [0, 0.1) is 0 Å². The molecule has 592 valence electrons. The summed E-state index contributed by atoms with van der Waals surface area (Å²) in [4.78, 5) is 85.8. The molecule has 12 heterocycles. The van der Waals surface area contributed by atoms with Crippen molar-refractivity contribution >= 4 is 115 Å². The Morgan fingerprint density at radius 2 is 0.795 bits per heavy atom. The number of aromatic amines is 3. The van der Waals surface area contributed by atoms with Gasteiger partial charge < -0.3 is 61.1 Å². The van der Waals surface area contributed by atoms with Crippen molar-refractivity contribution in [2.45, 2.75) is 123 Å². The first-order chi connectivity index (χ1) is 53.9. The molecule has 0 saturated carbocycles. The Morgan fingerprint density at radius 1 is 0.420 bits per heavy atom. The third-order valence-corrected chi connectivity index (χ3v) is 28.0. The summed E-state index contributed by atoms with van der Waals surface area (Å²) in [7, 11) is -10.1. The van der Waals surface area contributed by atoms with E-state index in [1.807, 2.05) is 42.5 Å². The maximum absolute atomic E-state index is 13.4. The number of nitrogens with zero attached hydrogens (tertiary/aromatic N) is 10. The molecule has 12 aromatic rings. The van der Waals surface area contributed by atoms with Crippen LogP contribution in [-0.2, 0) is 49.1 Å². The normalized spacial score (nSPS) is 16.7. The van der Waals surface area contributed by atoms with Gasteiger partial charge in [0.15, 0.2) is 46.5 Å². The van der Waals surface area contributed by atoms with Crippen molar-refractivity contribution in [3.05, 3.63) is 198 Å². The molecule has 18 rings (SSSR count). The minimum atomic E-state index is -3.36.